The zero-order chi connectivity index (χ0) is 16.7. The summed E-state index contributed by atoms with van der Waals surface area (Å²) in [4.78, 5) is 26.1. The third kappa shape index (κ3) is 2.61. The molecule has 24 heavy (non-hydrogen) atoms. The van der Waals surface area contributed by atoms with Gasteiger partial charge in [-0.3, -0.25) is 4.79 Å². The van der Waals surface area contributed by atoms with Crippen molar-refractivity contribution in [3.05, 3.63) is 65.3 Å². The van der Waals surface area contributed by atoms with E-state index in [1.165, 1.54) is 0 Å². The van der Waals surface area contributed by atoms with Gasteiger partial charge in [-0.2, -0.15) is 0 Å². The molecule has 0 saturated carbocycles. The Morgan fingerprint density at radius 2 is 2.21 bits per heavy atom. The van der Waals surface area contributed by atoms with E-state index in [0.717, 1.165) is 16.7 Å². The Kier molecular flexibility index (Phi) is 3.46. The number of aromatic amines is 1. The van der Waals surface area contributed by atoms with Gasteiger partial charge in [-0.15, -0.1) is 0 Å². The van der Waals surface area contributed by atoms with E-state index in [1.807, 2.05) is 28.8 Å². The average molecular weight is 340 g/mol. The number of amides is 1. The molecule has 0 saturated heterocycles. The monoisotopic (exact) mass is 339 g/mol. The Labute approximate surface area is 142 Å². The van der Waals surface area contributed by atoms with Crippen LogP contribution in [0.4, 0.5) is 0 Å². The molecule has 6 nitrogen and oxygen atoms in total. The lowest BCUT2D eigenvalue weighted by molar-refractivity contribution is 0.0781. The Morgan fingerprint density at radius 3 is 3.08 bits per heavy atom. The molecule has 1 N–H and O–H groups in total. The summed E-state index contributed by atoms with van der Waals surface area (Å²) in [5, 5.41) is 0.649. The highest BCUT2D eigenvalue weighted by molar-refractivity contribution is 6.31. The number of hydrogen-bond acceptors (Lipinski definition) is 3. The van der Waals surface area contributed by atoms with E-state index in [2.05, 4.69) is 15.0 Å². The van der Waals surface area contributed by atoms with Crippen LogP contribution in [0.2, 0.25) is 5.02 Å². The molecule has 3 heterocycles. The number of imidazole rings is 2. The summed E-state index contributed by atoms with van der Waals surface area (Å²) in [6.45, 7) is 0.382. The van der Waals surface area contributed by atoms with Crippen molar-refractivity contribution in [1.29, 1.82) is 0 Å². The van der Waals surface area contributed by atoms with Gasteiger partial charge < -0.3 is 14.3 Å². The van der Waals surface area contributed by atoms with Crippen LogP contribution in [-0.4, -0.2) is 37.2 Å². The lowest BCUT2D eigenvalue weighted by atomic mass is 10.2. The number of hydrogen-bond donors (Lipinski definition) is 1. The molecule has 1 aromatic carbocycles. The van der Waals surface area contributed by atoms with Crippen molar-refractivity contribution in [2.75, 3.05) is 7.05 Å². The van der Waals surface area contributed by atoms with Gasteiger partial charge in [0.25, 0.3) is 5.91 Å². The van der Waals surface area contributed by atoms with Crippen LogP contribution in [0.5, 0.6) is 0 Å². The van der Waals surface area contributed by atoms with E-state index < -0.39 is 0 Å². The van der Waals surface area contributed by atoms with Crippen molar-refractivity contribution in [2.45, 2.75) is 6.54 Å². The van der Waals surface area contributed by atoms with Crippen LogP contribution < -0.4 is 0 Å². The second-order valence-electron chi connectivity index (χ2n) is 5.62. The van der Waals surface area contributed by atoms with Crippen LogP contribution in [0.3, 0.4) is 0 Å². The van der Waals surface area contributed by atoms with E-state index in [-0.39, 0.29) is 5.91 Å². The maximum atomic E-state index is 12.6. The fourth-order valence-corrected chi connectivity index (χ4v) is 2.85. The minimum atomic E-state index is -0.0795. The average Bonchev–Trinajstić information content (AvgIpc) is 3.18. The zero-order valence-corrected chi connectivity index (χ0v) is 13.7. The Hall–Kier alpha value is -2.86. The highest BCUT2D eigenvalue weighted by Gasteiger charge is 2.15. The highest BCUT2D eigenvalue weighted by atomic mass is 35.5. The molecule has 120 valence electrons. The second-order valence-corrected chi connectivity index (χ2v) is 6.05. The van der Waals surface area contributed by atoms with Gasteiger partial charge in [-0.1, -0.05) is 11.6 Å². The fourth-order valence-electron chi connectivity index (χ4n) is 2.67. The standard InChI is InChI=1S/C17H14ClN5O/c1-22(10-15-20-13-4-3-12(18)8-14(13)21-15)17(24)11-2-5-16-19-6-7-23(16)9-11/h2-9H,10H2,1H3,(H,20,21). The molecule has 0 spiro atoms. The number of carbonyl (C=O) groups is 1. The number of nitrogens with zero attached hydrogens (tertiary/aromatic N) is 4. The summed E-state index contributed by atoms with van der Waals surface area (Å²) < 4.78 is 1.82. The van der Waals surface area contributed by atoms with E-state index in [0.29, 0.717) is 23.0 Å². The third-order valence-corrected chi connectivity index (χ3v) is 4.10. The summed E-state index contributed by atoms with van der Waals surface area (Å²) >= 11 is 5.98. The lowest BCUT2D eigenvalue weighted by Gasteiger charge is -2.15. The topological polar surface area (TPSA) is 66.3 Å². The van der Waals surface area contributed by atoms with Gasteiger partial charge >= 0.3 is 0 Å². The lowest BCUT2D eigenvalue weighted by Crippen LogP contribution is -2.26. The number of halogens is 1. The molecule has 7 heteroatoms. The Morgan fingerprint density at radius 1 is 1.33 bits per heavy atom. The Bertz CT molecular complexity index is 1050. The first-order chi connectivity index (χ1) is 11.6. The maximum absolute atomic E-state index is 12.6. The van der Waals surface area contributed by atoms with Crippen LogP contribution in [0.1, 0.15) is 16.2 Å². The number of aromatic nitrogens is 4. The molecule has 4 aromatic rings. The van der Waals surface area contributed by atoms with E-state index >= 15 is 0 Å². The molecular formula is C17H14ClN5O. The molecule has 0 radical (unpaired) electrons. The number of nitrogens with one attached hydrogen (secondary N) is 1. The molecule has 0 fully saturated rings. The van der Waals surface area contributed by atoms with Gasteiger partial charge in [0, 0.05) is 30.7 Å². The fraction of sp³-hybridized carbons (Fsp3) is 0.118. The molecular weight excluding hydrogens is 326 g/mol. The van der Waals surface area contributed by atoms with Crippen molar-refractivity contribution in [3.63, 3.8) is 0 Å². The van der Waals surface area contributed by atoms with Gasteiger partial charge in [0.1, 0.15) is 11.5 Å². The van der Waals surface area contributed by atoms with E-state index in [1.54, 1.807) is 36.5 Å². The summed E-state index contributed by atoms with van der Waals surface area (Å²) in [6, 6.07) is 9.07. The third-order valence-electron chi connectivity index (χ3n) is 3.86. The van der Waals surface area contributed by atoms with E-state index in [9.17, 15) is 4.79 Å². The summed E-state index contributed by atoms with van der Waals surface area (Å²) in [5.74, 6) is 0.635. The molecule has 0 aliphatic rings. The van der Waals surface area contributed by atoms with Crippen molar-refractivity contribution in [1.82, 2.24) is 24.3 Å². The summed E-state index contributed by atoms with van der Waals surface area (Å²) in [7, 11) is 1.75. The van der Waals surface area contributed by atoms with Crippen molar-refractivity contribution in [2.24, 2.45) is 0 Å². The quantitative estimate of drug-likeness (QED) is 0.623. The molecule has 1 amide bonds. The number of pyridine rings is 1. The minimum Gasteiger partial charge on any atom is -0.340 e. The normalized spacial score (nSPS) is 11.2. The predicted molar refractivity (Wildman–Crippen MR) is 92.1 cm³/mol. The number of benzene rings is 1. The predicted octanol–water partition coefficient (Wildman–Crippen LogP) is 3.14. The highest BCUT2D eigenvalue weighted by Crippen LogP contribution is 2.18. The minimum absolute atomic E-state index is 0.0795. The molecule has 0 aliphatic carbocycles. The van der Waals surface area contributed by atoms with Crippen LogP contribution in [0.15, 0.2) is 48.9 Å². The molecule has 0 unspecified atom stereocenters. The van der Waals surface area contributed by atoms with E-state index in [4.69, 9.17) is 11.6 Å². The van der Waals surface area contributed by atoms with Gasteiger partial charge in [0.15, 0.2) is 0 Å². The number of fused-ring (bicyclic) bond motifs is 2. The van der Waals surface area contributed by atoms with Crippen molar-refractivity contribution in [3.8, 4) is 0 Å². The van der Waals surface area contributed by atoms with Crippen molar-refractivity contribution < 1.29 is 4.79 Å². The smallest absolute Gasteiger partial charge is 0.255 e. The van der Waals surface area contributed by atoms with Crippen LogP contribution in [-0.2, 0) is 6.54 Å². The summed E-state index contributed by atoms with van der Waals surface area (Å²) in [6.07, 6.45) is 5.29. The SMILES string of the molecule is CN(Cc1nc2ccc(Cl)cc2[nH]1)C(=O)c1ccc2nccn2c1. The molecule has 0 aliphatic heterocycles. The first-order valence-corrected chi connectivity index (χ1v) is 7.80. The zero-order valence-electron chi connectivity index (χ0n) is 12.9. The van der Waals surface area contributed by atoms with Crippen molar-refractivity contribution >= 4 is 34.2 Å². The first kappa shape index (κ1) is 14.7. The van der Waals surface area contributed by atoms with Crippen LogP contribution in [0, 0.1) is 0 Å². The van der Waals surface area contributed by atoms with Gasteiger partial charge in [0.2, 0.25) is 0 Å². The Balaban J connectivity index is 1.57. The summed E-state index contributed by atoms with van der Waals surface area (Å²) in [5.41, 5.74) is 3.10. The largest absolute Gasteiger partial charge is 0.340 e. The second kappa shape index (κ2) is 5.65. The number of rotatable bonds is 3. The van der Waals surface area contributed by atoms with Gasteiger partial charge in [-0.25, -0.2) is 9.97 Å². The first-order valence-electron chi connectivity index (χ1n) is 7.42. The van der Waals surface area contributed by atoms with Gasteiger partial charge in [0.05, 0.1) is 23.1 Å². The van der Waals surface area contributed by atoms with Gasteiger partial charge in [-0.05, 0) is 30.3 Å². The number of H-pyrrole nitrogens is 1. The molecule has 0 bridgehead atoms. The molecule has 0 atom stereocenters. The molecule has 4 rings (SSSR count). The van der Waals surface area contributed by atoms with Crippen LogP contribution >= 0.6 is 11.6 Å². The maximum Gasteiger partial charge on any atom is 0.255 e. The van der Waals surface area contributed by atoms with Crippen LogP contribution in [0.25, 0.3) is 16.7 Å². The number of carbonyl (C=O) groups excluding carboxylic acids is 1. The molecule has 3 aromatic heterocycles.